The molecule has 10 nitrogen and oxygen atoms in total. The first-order valence-corrected chi connectivity index (χ1v) is 17.1. The van der Waals surface area contributed by atoms with Gasteiger partial charge in [-0.25, -0.2) is 4.79 Å². The number of aromatic amines is 1. The largest absolute Gasteiger partial charge is 0.573 e. The predicted octanol–water partition coefficient (Wildman–Crippen LogP) is 6.09. The third kappa shape index (κ3) is 13.1. The van der Waals surface area contributed by atoms with Crippen LogP contribution in [0.1, 0.15) is 71.2 Å². The number of nitrogens with one attached hydrogen (secondary N) is 2. The van der Waals surface area contributed by atoms with Gasteiger partial charge in [-0.15, -0.1) is 24.9 Å². The normalized spacial score (nSPS) is 12.0. The second kappa shape index (κ2) is 17.1. The molecule has 0 radical (unpaired) electrons. The topological polar surface area (TPSA) is 162 Å². The molecule has 49 heavy (non-hydrogen) atoms. The standard InChI is InChI=1S/C21H29N7O.C14H20F3NOS/c1-21(2,3)17-11-15-13-28(20(29)27-18(15)26-17)16-7-5-14(6-8-16)12-24-9-4-10-25-19(22)23;1-13(2,3)10-7-11(19-14(15,16)17)9-12(8-10)20-6-4-5-18/h5-8,11,13,24H,4,9-10,12H2,1-3H3,(H4,22,23,25)(H,26,27,29);7-9H,4-6,18H2,1-3H3. The van der Waals surface area contributed by atoms with Gasteiger partial charge in [0.1, 0.15) is 11.4 Å². The molecule has 2 aromatic heterocycles. The Balaban J connectivity index is 0.000000286. The summed E-state index contributed by atoms with van der Waals surface area (Å²) >= 11 is 1.49. The van der Waals surface area contributed by atoms with E-state index in [1.54, 1.807) is 4.57 Å². The Hall–Kier alpha value is -4.01. The monoisotopic (exact) mass is 702 g/mol. The van der Waals surface area contributed by atoms with Gasteiger partial charge in [-0.1, -0.05) is 53.7 Å². The maximum atomic E-state index is 12.5. The van der Waals surface area contributed by atoms with Crippen molar-refractivity contribution in [1.29, 1.82) is 0 Å². The molecule has 4 rings (SSSR count). The van der Waals surface area contributed by atoms with Crippen molar-refractivity contribution < 1.29 is 17.9 Å². The lowest BCUT2D eigenvalue weighted by Crippen LogP contribution is -2.23. The number of nitrogens with two attached hydrogens (primary N) is 3. The average Bonchev–Trinajstić information content (AvgIpc) is 3.41. The van der Waals surface area contributed by atoms with Gasteiger partial charge in [0.05, 0.1) is 5.69 Å². The zero-order chi connectivity index (χ0) is 36.4. The number of H-pyrrole nitrogens is 1. The van der Waals surface area contributed by atoms with Gasteiger partial charge in [-0.2, -0.15) is 4.98 Å². The number of aromatic nitrogens is 3. The zero-order valence-corrected chi connectivity index (χ0v) is 29.9. The molecule has 0 saturated heterocycles. The molecule has 0 fully saturated rings. The van der Waals surface area contributed by atoms with Gasteiger partial charge in [0.25, 0.3) is 0 Å². The molecule has 0 aliphatic heterocycles. The second-order valence-electron chi connectivity index (χ2n) is 13.6. The Labute approximate surface area is 290 Å². The van der Waals surface area contributed by atoms with Crippen LogP contribution in [0, 0.1) is 0 Å². The number of rotatable bonds is 12. The van der Waals surface area contributed by atoms with E-state index in [0.29, 0.717) is 18.7 Å². The number of aliphatic imine (C=N–C) groups is 1. The number of guanidine groups is 1. The molecule has 0 spiro atoms. The zero-order valence-electron chi connectivity index (χ0n) is 29.1. The minimum absolute atomic E-state index is 0.0352. The Morgan fingerprint density at radius 2 is 1.69 bits per heavy atom. The fraction of sp³-hybridized carbons (Fsp3) is 0.457. The summed E-state index contributed by atoms with van der Waals surface area (Å²) in [6.07, 6.45) is -1.15. The maximum Gasteiger partial charge on any atom is 0.573 e. The summed E-state index contributed by atoms with van der Waals surface area (Å²) < 4.78 is 42.7. The molecule has 0 saturated carbocycles. The van der Waals surface area contributed by atoms with Crippen molar-refractivity contribution in [1.82, 2.24) is 19.9 Å². The highest BCUT2D eigenvalue weighted by atomic mass is 32.2. The lowest BCUT2D eigenvalue weighted by Gasteiger charge is -2.21. The van der Waals surface area contributed by atoms with Crippen molar-refractivity contribution in [2.24, 2.45) is 22.2 Å². The van der Waals surface area contributed by atoms with Gasteiger partial charge in [-0.05, 0) is 84.6 Å². The number of thioether (sulfide) groups is 1. The molecule has 2 aromatic carbocycles. The quantitative estimate of drug-likeness (QED) is 0.0513. The van der Waals surface area contributed by atoms with E-state index < -0.39 is 6.36 Å². The number of fused-ring (bicyclic) bond motifs is 1. The van der Waals surface area contributed by atoms with Crippen LogP contribution in [-0.4, -0.2) is 52.2 Å². The van der Waals surface area contributed by atoms with Crippen molar-refractivity contribution in [3.8, 4) is 11.4 Å². The van der Waals surface area contributed by atoms with Gasteiger partial charge in [0, 0.05) is 40.7 Å². The van der Waals surface area contributed by atoms with E-state index in [1.165, 1.54) is 23.9 Å². The Morgan fingerprint density at radius 3 is 2.29 bits per heavy atom. The molecule has 4 aromatic rings. The summed E-state index contributed by atoms with van der Waals surface area (Å²) in [5.74, 6) is 0.730. The van der Waals surface area contributed by atoms with Crippen LogP contribution in [0.2, 0.25) is 0 Å². The van der Waals surface area contributed by atoms with Crippen molar-refractivity contribution in [3.05, 3.63) is 82.0 Å². The van der Waals surface area contributed by atoms with Crippen molar-refractivity contribution in [3.63, 3.8) is 0 Å². The molecule has 268 valence electrons. The maximum absolute atomic E-state index is 12.5. The van der Waals surface area contributed by atoms with Crippen LogP contribution < -0.4 is 32.9 Å². The van der Waals surface area contributed by atoms with Crippen molar-refractivity contribution >= 4 is 28.8 Å². The molecule has 0 bridgehead atoms. The van der Waals surface area contributed by atoms with Crippen LogP contribution in [0.25, 0.3) is 16.7 Å². The van der Waals surface area contributed by atoms with Crippen LogP contribution in [0.3, 0.4) is 0 Å². The van der Waals surface area contributed by atoms with Crippen molar-refractivity contribution in [2.45, 2.75) is 83.0 Å². The summed E-state index contributed by atoms with van der Waals surface area (Å²) in [7, 11) is 0. The smallest absolute Gasteiger partial charge is 0.406 e. The molecule has 0 atom stereocenters. The van der Waals surface area contributed by atoms with Crippen LogP contribution in [-0.2, 0) is 17.4 Å². The SMILES string of the molecule is CC(C)(C)c1cc(OC(F)(F)F)cc(SCCCN)c1.CC(C)(C)c1cc2cn(-c3ccc(CNCCCN=C(N)N)cc3)c(=O)nc2[nH]1. The highest BCUT2D eigenvalue weighted by molar-refractivity contribution is 7.99. The van der Waals surface area contributed by atoms with E-state index in [2.05, 4.69) is 51.9 Å². The van der Waals surface area contributed by atoms with E-state index in [-0.39, 0.29) is 28.2 Å². The highest BCUT2D eigenvalue weighted by Gasteiger charge is 2.32. The minimum Gasteiger partial charge on any atom is -0.406 e. The lowest BCUT2D eigenvalue weighted by atomic mass is 9.87. The molecule has 0 aliphatic carbocycles. The first-order valence-electron chi connectivity index (χ1n) is 16.1. The van der Waals surface area contributed by atoms with Crippen LogP contribution >= 0.6 is 11.8 Å². The Kier molecular flexibility index (Phi) is 13.7. The lowest BCUT2D eigenvalue weighted by molar-refractivity contribution is -0.274. The van der Waals surface area contributed by atoms with Gasteiger partial charge in [-0.3, -0.25) is 9.56 Å². The number of halogens is 3. The molecule has 8 N–H and O–H groups in total. The van der Waals surface area contributed by atoms with E-state index in [0.717, 1.165) is 64.5 Å². The molecule has 2 heterocycles. The summed E-state index contributed by atoms with van der Waals surface area (Å²) in [6, 6.07) is 14.7. The van der Waals surface area contributed by atoms with E-state index in [4.69, 9.17) is 17.2 Å². The number of hydrogen-bond acceptors (Lipinski definition) is 7. The summed E-state index contributed by atoms with van der Waals surface area (Å²) in [6.45, 7) is 15.0. The third-order valence-electron chi connectivity index (χ3n) is 7.26. The molecular formula is C35H49F3N8O2S. The Morgan fingerprint density at radius 1 is 1.00 bits per heavy atom. The van der Waals surface area contributed by atoms with Gasteiger partial charge < -0.3 is 32.2 Å². The third-order valence-corrected chi connectivity index (χ3v) is 8.32. The Bertz CT molecular complexity index is 1730. The average molecular weight is 703 g/mol. The second-order valence-corrected chi connectivity index (χ2v) is 14.8. The van der Waals surface area contributed by atoms with Crippen molar-refractivity contribution in [2.75, 3.05) is 25.4 Å². The molecule has 0 aliphatic rings. The number of alkyl halides is 3. The minimum atomic E-state index is -4.67. The highest BCUT2D eigenvalue weighted by Crippen LogP contribution is 2.34. The fourth-order valence-electron chi connectivity index (χ4n) is 4.56. The van der Waals surface area contributed by atoms with E-state index in [9.17, 15) is 18.0 Å². The number of hydrogen-bond donors (Lipinski definition) is 5. The molecule has 0 unspecified atom stereocenters. The van der Waals surface area contributed by atoms with E-state index >= 15 is 0 Å². The van der Waals surface area contributed by atoms with Crippen LogP contribution in [0.5, 0.6) is 5.75 Å². The van der Waals surface area contributed by atoms with Crippen LogP contribution in [0.4, 0.5) is 13.2 Å². The molecule has 14 heteroatoms. The summed E-state index contributed by atoms with van der Waals surface area (Å²) in [4.78, 5) is 24.7. The van der Waals surface area contributed by atoms with Crippen LogP contribution in [0.15, 0.2) is 69.4 Å². The van der Waals surface area contributed by atoms with E-state index in [1.807, 2.05) is 57.3 Å². The number of ether oxygens (including phenoxy) is 1. The number of benzene rings is 2. The predicted molar refractivity (Wildman–Crippen MR) is 194 cm³/mol. The first kappa shape index (κ1) is 39.4. The summed E-state index contributed by atoms with van der Waals surface area (Å²) in [5.41, 5.74) is 19.9. The van der Waals surface area contributed by atoms with Gasteiger partial charge in [0.2, 0.25) is 0 Å². The van der Waals surface area contributed by atoms with Gasteiger partial charge in [0.15, 0.2) is 5.96 Å². The number of nitrogens with zero attached hydrogens (tertiary/aromatic N) is 3. The molecule has 0 amide bonds. The first-order chi connectivity index (χ1) is 22.9. The fourth-order valence-corrected chi connectivity index (χ4v) is 5.51. The van der Waals surface area contributed by atoms with Gasteiger partial charge >= 0.3 is 12.1 Å². The summed E-state index contributed by atoms with van der Waals surface area (Å²) in [5, 5.41) is 4.27. The molecular weight excluding hydrogens is 654 g/mol.